The van der Waals surface area contributed by atoms with E-state index in [1.165, 1.54) is 6.33 Å². The van der Waals surface area contributed by atoms with Crippen LogP contribution in [-0.4, -0.2) is 38.4 Å². The van der Waals surface area contributed by atoms with Crippen molar-refractivity contribution >= 4 is 28.4 Å². The third kappa shape index (κ3) is 3.17. The third-order valence-electron chi connectivity index (χ3n) is 5.52. The van der Waals surface area contributed by atoms with Crippen LogP contribution in [0.4, 0.5) is 11.5 Å². The summed E-state index contributed by atoms with van der Waals surface area (Å²) >= 11 is 0. The summed E-state index contributed by atoms with van der Waals surface area (Å²) in [7, 11) is 0. The van der Waals surface area contributed by atoms with Gasteiger partial charge in [0.1, 0.15) is 17.8 Å². The molecule has 3 aromatic rings. The van der Waals surface area contributed by atoms with Crippen LogP contribution in [-0.2, 0) is 4.79 Å². The molecule has 4 N–H and O–H groups in total. The van der Waals surface area contributed by atoms with Gasteiger partial charge >= 0.3 is 0 Å². The number of nitrogens with two attached hydrogens (primary N) is 2. The van der Waals surface area contributed by atoms with Crippen molar-refractivity contribution in [3.8, 4) is 11.1 Å². The summed E-state index contributed by atoms with van der Waals surface area (Å²) in [4.78, 5) is 23.0. The van der Waals surface area contributed by atoms with E-state index >= 15 is 0 Å². The van der Waals surface area contributed by atoms with Crippen LogP contribution < -0.4 is 11.5 Å². The van der Waals surface area contributed by atoms with Crippen LogP contribution in [0.2, 0.25) is 0 Å². The second kappa shape index (κ2) is 7.14. The number of aromatic nitrogens is 3. The van der Waals surface area contributed by atoms with Crippen molar-refractivity contribution in [2.24, 2.45) is 5.92 Å². The summed E-state index contributed by atoms with van der Waals surface area (Å²) in [6, 6.07) is 8.02. The maximum absolute atomic E-state index is 12.3. The Morgan fingerprint density at radius 3 is 2.43 bits per heavy atom. The molecule has 0 bridgehead atoms. The van der Waals surface area contributed by atoms with Gasteiger partial charge in [-0.3, -0.25) is 4.79 Å². The van der Waals surface area contributed by atoms with E-state index in [4.69, 9.17) is 11.5 Å². The standard InChI is InChI=1S/C21H26N6O/c1-13(2)21(28)26-9-7-16(8-10-26)27-11-17(14-3-5-15(22)6-4-14)18-19(23)24-12-25-20(18)27/h3-6,11-13,16H,7-10,22H2,1-2H3,(H2,23,24,25). The zero-order valence-electron chi connectivity index (χ0n) is 16.3. The molecular weight excluding hydrogens is 352 g/mol. The molecule has 0 spiro atoms. The third-order valence-corrected chi connectivity index (χ3v) is 5.52. The smallest absolute Gasteiger partial charge is 0.225 e. The summed E-state index contributed by atoms with van der Waals surface area (Å²) in [5.74, 6) is 0.738. The highest BCUT2D eigenvalue weighted by molar-refractivity contribution is 6.00. The highest BCUT2D eigenvalue weighted by Crippen LogP contribution is 2.36. The minimum Gasteiger partial charge on any atom is -0.399 e. The van der Waals surface area contributed by atoms with Crippen LogP contribution in [0.5, 0.6) is 0 Å². The Bertz CT molecular complexity index is 1000. The molecule has 2 aromatic heterocycles. The molecular formula is C21H26N6O. The van der Waals surface area contributed by atoms with Crippen molar-refractivity contribution in [1.29, 1.82) is 0 Å². The van der Waals surface area contributed by atoms with Gasteiger partial charge < -0.3 is 20.9 Å². The molecule has 4 rings (SSSR count). The maximum Gasteiger partial charge on any atom is 0.225 e. The van der Waals surface area contributed by atoms with Gasteiger partial charge in [-0.1, -0.05) is 26.0 Å². The molecule has 3 heterocycles. The lowest BCUT2D eigenvalue weighted by Gasteiger charge is -2.34. The largest absolute Gasteiger partial charge is 0.399 e. The van der Waals surface area contributed by atoms with Crippen LogP contribution in [0, 0.1) is 5.92 Å². The minimum absolute atomic E-state index is 0.0358. The Balaban J connectivity index is 1.70. The van der Waals surface area contributed by atoms with Gasteiger partial charge in [0.25, 0.3) is 0 Å². The van der Waals surface area contributed by atoms with E-state index in [0.29, 0.717) is 5.82 Å². The van der Waals surface area contributed by atoms with Gasteiger partial charge in [-0.05, 0) is 30.5 Å². The van der Waals surface area contributed by atoms with Crippen LogP contribution in [0.15, 0.2) is 36.8 Å². The van der Waals surface area contributed by atoms with Crippen LogP contribution in [0.3, 0.4) is 0 Å². The average Bonchev–Trinajstić information content (AvgIpc) is 3.09. The number of hydrogen-bond donors (Lipinski definition) is 2. The van der Waals surface area contributed by atoms with E-state index in [0.717, 1.165) is 53.8 Å². The molecule has 1 saturated heterocycles. The second-order valence-electron chi connectivity index (χ2n) is 7.74. The topological polar surface area (TPSA) is 103 Å². The molecule has 7 nitrogen and oxygen atoms in total. The molecule has 28 heavy (non-hydrogen) atoms. The van der Waals surface area contributed by atoms with Crippen molar-refractivity contribution in [3.63, 3.8) is 0 Å². The van der Waals surface area contributed by atoms with Gasteiger partial charge in [-0.15, -0.1) is 0 Å². The average molecular weight is 378 g/mol. The lowest BCUT2D eigenvalue weighted by atomic mass is 10.0. The lowest BCUT2D eigenvalue weighted by molar-refractivity contribution is -0.135. The zero-order chi connectivity index (χ0) is 19.8. The van der Waals surface area contributed by atoms with Gasteiger partial charge in [0.2, 0.25) is 5.91 Å². The zero-order valence-corrected chi connectivity index (χ0v) is 16.3. The highest BCUT2D eigenvalue weighted by Gasteiger charge is 2.27. The summed E-state index contributed by atoms with van der Waals surface area (Å²) in [6.45, 7) is 5.43. The van der Waals surface area contributed by atoms with E-state index in [1.807, 2.05) is 43.0 Å². The quantitative estimate of drug-likeness (QED) is 0.682. The number of piperidine rings is 1. The van der Waals surface area contributed by atoms with Crippen LogP contribution in [0.1, 0.15) is 32.7 Å². The number of fused-ring (bicyclic) bond motifs is 1. The normalized spacial score (nSPS) is 15.5. The predicted molar refractivity (Wildman–Crippen MR) is 111 cm³/mol. The first-order chi connectivity index (χ1) is 13.5. The maximum atomic E-state index is 12.3. The van der Waals surface area contributed by atoms with E-state index in [9.17, 15) is 4.79 Å². The van der Waals surface area contributed by atoms with Gasteiger partial charge in [0.15, 0.2) is 0 Å². The number of nitrogen functional groups attached to an aromatic ring is 2. The molecule has 0 radical (unpaired) electrons. The Hall–Kier alpha value is -3.09. The Labute approximate surface area is 164 Å². The SMILES string of the molecule is CC(C)C(=O)N1CCC(n2cc(-c3ccc(N)cc3)c3c(N)ncnc32)CC1. The first-order valence-electron chi connectivity index (χ1n) is 9.71. The monoisotopic (exact) mass is 378 g/mol. The molecule has 1 aromatic carbocycles. The van der Waals surface area contributed by atoms with Gasteiger partial charge in [0, 0.05) is 42.5 Å². The fraction of sp³-hybridized carbons (Fsp3) is 0.381. The van der Waals surface area contributed by atoms with E-state index in [1.54, 1.807) is 0 Å². The van der Waals surface area contributed by atoms with Crippen molar-refractivity contribution in [1.82, 2.24) is 19.4 Å². The summed E-state index contributed by atoms with van der Waals surface area (Å²) in [5, 5.41) is 0.868. The molecule has 7 heteroatoms. The summed E-state index contributed by atoms with van der Waals surface area (Å²) < 4.78 is 2.20. The number of anilines is 2. The lowest BCUT2D eigenvalue weighted by Crippen LogP contribution is -2.41. The Kier molecular flexibility index (Phi) is 4.66. The first kappa shape index (κ1) is 18.3. The molecule has 1 amide bonds. The van der Waals surface area contributed by atoms with E-state index < -0.39 is 0 Å². The van der Waals surface area contributed by atoms with E-state index in [2.05, 4.69) is 20.7 Å². The van der Waals surface area contributed by atoms with Crippen molar-refractivity contribution in [3.05, 3.63) is 36.8 Å². The molecule has 1 aliphatic heterocycles. The Morgan fingerprint density at radius 1 is 1.11 bits per heavy atom. The molecule has 0 unspecified atom stereocenters. The number of likely N-dealkylation sites (tertiary alicyclic amines) is 1. The van der Waals surface area contributed by atoms with Crippen LogP contribution >= 0.6 is 0 Å². The predicted octanol–water partition coefficient (Wildman–Crippen LogP) is 3.08. The molecule has 0 saturated carbocycles. The number of nitrogens with zero attached hydrogens (tertiary/aromatic N) is 4. The number of hydrogen-bond acceptors (Lipinski definition) is 5. The number of carbonyl (C=O) groups is 1. The Morgan fingerprint density at radius 2 is 1.79 bits per heavy atom. The van der Waals surface area contributed by atoms with E-state index in [-0.39, 0.29) is 17.9 Å². The summed E-state index contributed by atoms with van der Waals surface area (Å²) in [5.41, 5.74) is 15.7. The number of amides is 1. The molecule has 1 aliphatic rings. The first-order valence-corrected chi connectivity index (χ1v) is 9.71. The van der Waals surface area contributed by atoms with Crippen molar-refractivity contribution < 1.29 is 4.79 Å². The number of rotatable bonds is 3. The fourth-order valence-electron chi connectivity index (χ4n) is 4.00. The van der Waals surface area contributed by atoms with Crippen molar-refractivity contribution in [2.75, 3.05) is 24.6 Å². The van der Waals surface area contributed by atoms with Gasteiger partial charge in [0.05, 0.1) is 5.39 Å². The second-order valence-corrected chi connectivity index (χ2v) is 7.74. The highest BCUT2D eigenvalue weighted by atomic mass is 16.2. The van der Waals surface area contributed by atoms with Crippen LogP contribution in [0.25, 0.3) is 22.2 Å². The van der Waals surface area contributed by atoms with Crippen molar-refractivity contribution in [2.45, 2.75) is 32.7 Å². The number of benzene rings is 1. The molecule has 1 fully saturated rings. The molecule has 146 valence electrons. The van der Waals surface area contributed by atoms with Gasteiger partial charge in [-0.25, -0.2) is 9.97 Å². The van der Waals surface area contributed by atoms with Gasteiger partial charge in [-0.2, -0.15) is 0 Å². The fourth-order valence-corrected chi connectivity index (χ4v) is 4.00. The number of carbonyl (C=O) groups excluding carboxylic acids is 1. The summed E-state index contributed by atoms with van der Waals surface area (Å²) in [6.07, 6.45) is 5.42. The molecule has 0 atom stereocenters. The minimum atomic E-state index is 0.0358. The molecule has 0 aliphatic carbocycles.